The number of halogens is 1. The van der Waals surface area contributed by atoms with Crippen molar-refractivity contribution in [3.05, 3.63) is 53.8 Å². The average molecular weight is 557 g/mol. The Morgan fingerprint density at radius 3 is 2.40 bits per heavy atom. The number of hydrogen-bond acceptors (Lipinski definition) is 8. The minimum Gasteiger partial charge on any atom is -0.493 e. The summed E-state index contributed by atoms with van der Waals surface area (Å²) in [6.07, 6.45) is 0.488. The molecule has 0 saturated heterocycles. The Morgan fingerprint density at radius 1 is 1.07 bits per heavy atom. The number of hydrogen-bond donors (Lipinski definition) is 1. The van der Waals surface area contributed by atoms with Gasteiger partial charge in [-0.15, -0.1) is 10.2 Å². The lowest BCUT2D eigenvalue weighted by Gasteiger charge is -2.33. The molecule has 0 aliphatic rings. The summed E-state index contributed by atoms with van der Waals surface area (Å²) in [5.41, 5.74) is 0.543. The largest absolute Gasteiger partial charge is 0.493 e. The van der Waals surface area contributed by atoms with Gasteiger partial charge in [-0.1, -0.05) is 12.1 Å². The Balaban J connectivity index is 1.91. The summed E-state index contributed by atoms with van der Waals surface area (Å²) in [5, 5.41) is 15.5. The van der Waals surface area contributed by atoms with Gasteiger partial charge in [0.2, 0.25) is 17.6 Å². The summed E-state index contributed by atoms with van der Waals surface area (Å²) in [5.74, 6) is 0.101. The fourth-order valence-corrected chi connectivity index (χ4v) is 4.05. The van der Waals surface area contributed by atoms with E-state index < -0.39 is 23.3 Å². The van der Waals surface area contributed by atoms with E-state index in [1.165, 1.54) is 41.1 Å². The third kappa shape index (κ3) is 8.22. The van der Waals surface area contributed by atoms with E-state index in [1.54, 1.807) is 25.3 Å². The normalized spacial score (nSPS) is 12.1. The molecule has 216 valence electrons. The molecule has 0 aliphatic carbocycles. The monoisotopic (exact) mass is 556 g/mol. The summed E-state index contributed by atoms with van der Waals surface area (Å²) in [6.45, 7) is 8.32. The molecule has 0 spiro atoms. The molecule has 1 heterocycles. The SMILES string of the molecule is CCOCCCN(C(=O)Cn1nnc(-c2ccc(OC)c(OC)c2)n1)[C@H](C(=O)NC(C)(C)C)c1ccc(F)cc1. The van der Waals surface area contributed by atoms with E-state index in [2.05, 4.69) is 20.7 Å². The molecule has 0 saturated carbocycles. The Labute approximate surface area is 233 Å². The third-order valence-electron chi connectivity index (χ3n) is 5.83. The molecule has 0 aliphatic heterocycles. The maximum Gasteiger partial charge on any atom is 0.247 e. The van der Waals surface area contributed by atoms with E-state index in [4.69, 9.17) is 14.2 Å². The molecular weight excluding hydrogens is 519 g/mol. The zero-order valence-corrected chi connectivity index (χ0v) is 23.8. The van der Waals surface area contributed by atoms with Crippen molar-refractivity contribution in [3.8, 4) is 22.9 Å². The van der Waals surface area contributed by atoms with Crippen molar-refractivity contribution in [2.24, 2.45) is 0 Å². The molecule has 3 aromatic rings. The van der Waals surface area contributed by atoms with E-state index in [1.807, 2.05) is 27.7 Å². The number of nitrogens with zero attached hydrogens (tertiary/aromatic N) is 5. The number of carbonyl (C=O) groups excluding carboxylic acids is 2. The number of benzene rings is 2. The van der Waals surface area contributed by atoms with Crippen LogP contribution in [0.4, 0.5) is 4.39 Å². The Morgan fingerprint density at radius 2 is 1.77 bits per heavy atom. The first-order chi connectivity index (χ1) is 19.1. The standard InChI is InChI=1S/C28H37FN6O5/c1-7-40-16-8-15-34(25(27(37)30-28(2,3)4)19-9-12-21(29)13-10-19)24(36)18-35-32-26(31-33-35)20-11-14-22(38-5)23(17-20)39-6/h9-14,17,25H,7-8,15-16,18H2,1-6H3,(H,30,37)/t25-/m0/s1. The zero-order chi connectivity index (χ0) is 29.3. The van der Waals surface area contributed by atoms with Crippen LogP contribution in [0.15, 0.2) is 42.5 Å². The van der Waals surface area contributed by atoms with Crippen molar-refractivity contribution in [2.75, 3.05) is 34.0 Å². The van der Waals surface area contributed by atoms with Gasteiger partial charge in [0.15, 0.2) is 11.5 Å². The highest BCUT2D eigenvalue weighted by Crippen LogP contribution is 2.31. The smallest absolute Gasteiger partial charge is 0.247 e. The molecule has 0 bridgehead atoms. The number of rotatable bonds is 13. The van der Waals surface area contributed by atoms with Crippen LogP contribution in [0.3, 0.4) is 0 Å². The highest BCUT2D eigenvalue weighted by molar-refractivity contribution is 5.89. The maximum atomic E-state index is 13.8. The maximum absolute atomic E-state index is 13.8. The first kappa shape index (κ1) is 30.5. The van der Waals surface area contributed by atoms with Crippen molar-refractivity contribution in [1.29, 1.82) is 0 Å². The number of aromatic nitrogens is 4. The van der Waals surface area contributed by atoms with Gasteiger partial charge in [0.05, 0.1) is 14.2 Å². The summed E-state index contributed by atoms with van der Waals surface area (Å²) in [7, 11) is 3.07. The summed E-state index contributed by atoms with van der Waals surface area (Å²) >= 11 is 0. The third-order valence-corrected chi connectivity index (χ3v) is 5.83. The first-order valence-electron chi connectivity index (χ1n) is 13.0. The Bertz CT molecular complexity index is 1270. The molecule has 12 heteroatoms. The second-order valence-corrected chi connectivity index (χ2v) is 10.0. The minimum absolute atomic E-state index is 0.218. The number of tetrazole rings is 1. The fraction of sp³-hybridized carbons (Fsp3) is 0.464. The average Bonchev–Trinajstić information content (AvgIpc) is 3.38. The Kier molecular flexibility index (Phi) is 10.5. The van der Waals surface area contributed by atoms with E-state index in [-0.39, 0.29) is 24.8 Å². The number of methoxy groups -OCH3 is 2. The van der Waals surface area contributed by atoms with Crippen LogP contribution in [-0.2, 0) is 20.9 Å². The second kappa shape index (κ2) is 13.8. The Hall–Kier alpha value is -4.06. The molecule has 0 unspecified atom stereocenters. The van der Waals surface area contributed by atoms with E-state index >= 15 is 0 Å². The van der Waals surface area contributed by atoms with Gasteiger partial charge in [0, 0.05) is 30.9 Å². The lowest BCUT2D eigenvalue weighted by Crippen LogP contribution is -2.50. The number of ether oxygens (including phenoxy) is 3. The predicted molar refractivity (Wildman–Crippen MR) is 146 cm³/mol. The van der Waals surface area contributed by atoms with Crippen molar-refractivity contribution in [3.63, 3.8) is 0 Å². The molecule has 0 radical (unpaired) electrons. The molecule has 1 aromatic heterocycles. The minimum atomic E-state index is -1.01. The van der Waals surface area contributed by atoms with Crippen molar-refractivity contribution in [1.82, 2.24) is 30.4 Å². The molecule has 0 fully saturated rings. The van der Waals surface area contributed by atoms with Crippen molar-refractivity contribution < 1.29 is 28.2 Å². The molecule has 1 atom stereocenters. The molecule has 11 nitrogen and oxygen atoms in total. The van der Waals surface area contributed by atoms with Gasteiger partial charge >= 0.3 is 0 Å². The summed E-state index contributed by atoms with van der Waals surface area (Å²) < 4.78 is 29.8. The molecule has 2 amide bonds. The predicted octanol–water partition coefficient (Wildman–Crippen LogP) is 3.41. The van der Waals surface area contributed by atoms with Crippen LogP contribution in [0.25, 0.3) is 11.4 Å². The molecule has 1 N–H and O–H groups in total. The molecule has 3 rings (SSSR count). The number of amides is 2. The van der Waals surface area contributed by atoms with Crippen LogP contribution in [0.2, 0.25) is 0 Å². The van der Waals surface area contributed by atoms with Crippen LogP contribution in [-0.4, -0.2) is 76.4 Å². The highest BCUT2D eigenvalue weighted by atomic mass is 19.1. The van der Waals surface area contributed by atoms with Gasteiger partial charge in [0.25, 0.3) is 0 Å². The lowest BCUT2D eigenvalue weighted by molar-refractivity contribution is -0.142. The quantitative estimate of drug-likeness (QED) is 0.318. The van der Waals surface area contributed by atoms with E-state index in [0.29, 0.717) is 42.3 Å². The van der Waals surface area contributed by atoms with Gasteiger partial charge in [-0.2, -0.15) is 4.80 Å². The van der Waals surface area contributed by atoms with Crippen molar-refractivity contribution in [2.45, 2.75) is 52.2 Å². The molecule has 40 heavy (non-hydrogen) atoms. The van der Waals surface area contributed by atoms with Crippen LogP contribution in [0.1, 0.15) is 45.7 Å². The van der Waals surface area contributed by atoms with E-state index in [9.17, 15) is 14.0 Å². The van der Waals surface area contributed by atoms with Gasteiger partial charge in [0.1, 0.15) is 18.4 Å². The second-order valence-electron chi connectivity index (χ2n) is 10.0. The van der Waals surface area contributed by atoms with Crippen molar-refractivity contribution >= 4 is 11.8 Å². The molecule has 2 aromatic carbocycles. The van der Waals surface area contributed by atoms with Crippen LogP contribution >= 0.6 is 0 Å². The fourth-order valence-electron chi connectivity index (χ4n) is 4.05. The first-order valence-corrected chi connectivity index (χ1v) is 13.0. The van der Waals surface area contributed by atoms with Crippen LogP contribution < -0.4 is 14.8 Å². The topological polar surface area (TPSA) is 121 Å². The van der Waals surface area contributed by atoms with Gasteiger partial charge in [-0.25, -0.2) is 4.39 Å². The molecular formula is C28H37FN6O5. The van der Waals surface area contributed by atoms with E-state index in [0.717, 1.165) is 0 Å². The number of carbonyl (C=O) groups is 2. The van der Waals surface area contributed by atoms with Crippen LogP contribution in [0.5, 0.6) is 11.5 Å². The highest BCUT2D eigenvalue weighted by Gasteiger charge is 2.33. The summed E-state index contributed by atoms with van der Waals surface area (Å²) in [6, 6.07) is 9.73. The summed E-state index contributed by atoms with van der Waals surface area (Å²) in [4.78, 5) is 29.9. The zero-order valence-electron chi connectivity index (χ0n) is 23.8. The number of nitrogens with one attached hydrogen (secondary N) is 1. The van der Waals surface area contributed by atoms with Crippen LogP contribution in [0, 0.1) is 5.82 Å². The van der Waals surface area contributed by atoms with Gasteiger partial charge in [-0.05, 0) is 75.2 Å². The van der Waals surface area contributed by atoms with Gasteiger partial charge in [-0.3, -0.25) is 9.59 Å². The van der Waals surface area contributed by atoms with Gasteiger partial charge < -0.3 is 24.4 Å². The lowest BCUT2D eigenvalue weighted by atomic mass is 10.0.